The van der Waals surface area contributed by atoms with Crippen LogP contribution in [-0.2, 0) is 4.79 Å². The Morgan fingerprint density at radius 1 is 1.22 bits per heavy atom. The fraction of sp³-hybridized carbons (Fsp3) is 0.632. The van der Waals surface area contributed by atoms with Gasteiger partial charge in [-0.15, -0.1) is 12.4 Å². The molecule has 3 nitrogen and oxygen atoms in total. The van der Waals surface area contributed by atoms with Crippen LogP contribution < -0.4 is 10.6 Å². The number of benzene rings is 1. The number of rotatable bonds is 5. The average molecular weight is 337 g/mol. The minimum atomic E-state index is -0.0289. The Morgan fingerprint density at radius 2 is 1.83 bits per heavy atom. The molecule has 4 unspecified atom stereocenters. The van der Waals surface area contributed by atoms with Crippen LogP contribution in [-0.4, -0.2) is 24.0 Å². The number of hydrogen-bond acceptors (Lipinski definition) is 2. The summed E-state index contributed by atoms with van der Waals surface area (Å²) in [7, 11) is 0. The van der Waals surface area contributed by atoms with E-state index >= 15 is 0 Å². The van der Waals surface area contributed by atoms with E-state index in [4.69, 9.17) is 0 Å². The molecule has 0 saturated carbocycles. The number of halogens is 1. The molecule has 1 aromatic rings. The van der Waals surface area contributed by atoms with E-state index in [1.165, 1.54) is 12.8 Å². The first-order chi connectivity index (χ1) is 10.7. The summed E-state index contributed by atoms with van der Waals surface area (Å²) < 4.78 is 0. The first-order valence-corrected chi connectivity index (χ1v) is 8.78. The van der Waals surface area contributed by atoms with Gasteiger partial charge in [-0.05, 0) is 37.2 Å². The van der Waals surface area contributed by atoms with Crippen molar-refractivity contribution in [1.29, 1.82) is 0 Å². The molecule has 1 amide bonds. The number of fused-ring (bicyclic) bond motifs is 2. The van der Waals surface area contributed by atoms with Gasteiger partial charge in [0.25, 0.3) is 0 Å². The topological polar surface area (TPSA) is 41.1 Å². The minimum Gasteiger partial charge on any atom is -0.353 e. The summed E-state index contributed by atoms with van der Waals surface area (Å²) in [5.74, 6) is 0.548. The molecule has 0 radical (unpaired) electrons. The van der Waals surface area contributed by atoms with Gasteiger partial charge in [-0.2, -0.15) is 0 Å². The van der Waals surface area contributed by atoms with Gasteiger partial charge in [0, 0.05) is 18.1 Å². The van der Waals surface area contributed by atoms with Crippen molar-refractivity contribution in [1.82, 2.24) is 10.6 Å². The fourth-order valence-electron chi connectivity index (χ4n) is 4.10. The largest absolute Gasteiger partial charge is 0.353 e. The van der Waals surface area contributed by atoms with Crippen LogP contribution in [0.3, 0.4) is 0 Å². The Bertz CT molecular complexity index is 495. The van der Waals surface area contributed by atoms with E-state index in [1.807, 2.05) is 18.2 Å². The number of nitrogens with one attached hydrogen (secondary N) is 2. The lowest BCUT2D eigenvalue weighted by atomic mass is 9.84. The predicted molar refractivity (Wildman–Crippen MR) is 97.0 cm³/mol. The molecular formula is C19H29ClN2O. The van der Waals surface area contributed by atoms with Crippen molar-refractivity contribution >= 4 is 18.3 Å². The molecule has 2 aliphatic rings. The van der Waals surface area contributed by atoms with E-state index in [-0.39, 0.29) is 24.2 Å². The van der Waals surface area contributed by atoms with Gasteiger partial charge in [-0.1, -0.05) is 50.6 Å². The maximum Gasteiger partial charge on any atom is 0.228 e. The number of piperidine rings is 1. The monoisotopic (exact) mass is 336 g/mol. The van der Waals surface area contributed by atoms with Crippen molar-refractivity contribution in [2.75, 3.05) is 0 Å². The standard InChI is InChI=1S/C19H28N2O.ClH/c1-3-13(2)18(14-7-5-4-6-8-14)19(22)21-17-11-15-9-10-16(12-17)20-15;/h4-8,13,15-18,20H,3,9-12H2,1-2H3,(H,21,22);1H. The molecule has 1 aromatic carbocycles. The van der Waals surface area contributed by atoms with Crippen LogP contribution in [0.4, 0.5) is 0 Å². The number of hydrogen-bond donors (Lipinski definition) is 2. The van der Waals surface area contributed by atoms with Crippen LogP contribution in [0.15, 0.2) is 30.3 Å². The van der Waals surface area contributed by atoms with E-state index in [0.29, 0.717) is 24.0 Å². The number of carbonyl (C=O) groups is 1. The third-order valence-corrected chi connectivity index (χ3v) is 5.47. The van der Waals surface area contributed by atoms with E-state index in [0.717, 1.165) is 24.8 Å². The summed E-state index contributed by atoms with van der Waals surface area (Å²) in [4.78, 5) is 12.9. The second kappa shape index (κ2) is 8.16. The summed E-state index contributed by atoms with van der Waals surface area (Å²) in [5.41, 5.74) is 1.14. The average Bonchev–Trinajstić information content (AvgIpc) is 2.87. The van der Waals surface area contributed by atoms with Gasteiger partial charge in [0.1, 0.15) is 0 Å². The Balaban J connectivity index is 0.00000192. The van der Waals surface area contributed by atoms with E-state index in [9.17, 15) is 4.79 Å². The predicted octanol–water partition coefficient (Wildman–Crippen LogP) is 3.64. The molecule has 2 aliphatic heterocycles. The summed E-state index contributed by atoms with van der Waals surface area (Å²) >= 11 is 0. The van der Waals surface area contributed by atoms with Gasteiger partial charge in [0.2, 0.25) is 5.91 Å². The summed E-state index contributed by atoms with van der Waals surface area (Å²) in [6.07, 6.45) is 5.73. The Labute approximate surface area is 146 Å². The maximum absolute atomic E-state index is 12.9. The molecule has 0 spiro atoms. The molecule has 2 fully saturated rings. The van der Waals surface area contributed by atoms with Gasteiger partial charge in [-0.3, -0.25) is 4.79 Å². The SMILES string of the molecule is CCC(C)C(C(=O)NC1CC2CCC(C1)N2)c1ccccc1.Cl. The van der Waals surface area contributed by atoms with Crippen molar-refractivity contribution in [2.24, 2.45) is 5.92 Å². The van der Waals surface area contributed by atoms with E-state index in [1.54, 1.807) is 0 Å². The number of amides is 1. The Hall–Kier alpha value is -1.06. The van der Waals surface area contributed by atoms with Crippen LogP contribution >= 0.6 is 12.4 Å². The molecule has 3 rings (SSSR count). The third-order valence-electron chi connectivity index (χ3n) is 5.47. The van der Waals surface area contributed by atoms with Crippen molar-refractivity contribution in [3.8, 4) is 0 Å². The number of carbonyl (C=O) groups excluding carboxylic acids is 1. The van der Waals surface area contributed by atoms with Crippen molar-refractivity contribution in [2.45, 2.75) is 70.0 Å². The summed E-state index contributed by atoms with van der Waals surface area (Å²) in [5, 5.41) is 6.99. The first-order valence-electron chi connectivity index (χ1n) is 8.78. The lowest BCUT2D eigenvalue weighted by Gasteiger charge is -2.32. The van der Waals surface area contributed by atoms with Gasteiger partial charge >= 0.3 is 0 Å². The minimum absolute atomic E-state index is 0. The molecular weight excluding hydrogens is 308 g/mol. The molecule has 0 aliphatic carbocycles. The zero-order chi connectivity index (χ0) is 15.5. The molecule has 4 heteroatoms. The molecule has 128 valence electrons. The lowest BCUT2D eigenvalue weighted by molar-refractivity contribution is -0.124. The third kappa shape index (κ3) is 4.27. The van der Waals surface area contributed by atoms with Crippen LogP contribution in [0.2, 0.25) is 0 Å². The van der Waals surface area contributed by atoms with E-state index in [2.05, 4.69) is 36.6 Å². The van der Waals surface area contributed by atoms with Gasteiger partial charge in [-0.25, -0.2) is 0 Å². The summed E-state index contributed by atoms with van der Waals surface area (Å²) in [6, 6.07) is 11.8. The van der Waals surface area contributed by atoms with Crippen LogP contribution in [0.1, 0.15) is 57.4 Å². The Morgan fingerprint density at radius 3 is 2.39 bits per heavy atom. The van der Waals surface area contributed by atoms with Gasteiger partial charge < -0.3 is 10.6 Å². The highest BCUT2D eigenvalue weighted by Crippen LogP contribution is 2.30. The molecule has 4 atom stereocenters. The molecule has 2 saturated heterocycles. The summed E-state index contributed by atoms with van der Waals surface area (Å²) in [6.45, 7) is 4.35. The van der Waals surface area contributed by atoms with E-state index < -0.39 is 0 Å². The molecule has 2 N–H and O–H groups in total. The zero-order valence-electron chi connectivity index (χ0n) is 14.1. The molecule has 2 heterocycles. The fourth-order valence-corrected chi connectivity index (χ4v) is 4.10. The molecule has 0 aromatic heterocycles. The van der Waals surface area contributed by atoms with Crippen molar-refractivity contribution in [3.05, 3.63) is 35.9 Å². The second-order valence-electron chi connectivity index (χ2n) is 7.09. The van der Waals surface area contributed by atoms with Crippen molar-refractivity contribution in [3.63, 3.8) is 0 Å². The van der Waals surface area contributed by atoms with Crippen LogP contribution in [0, 0.1) is 5.92 Å². The highest BCUT2D eigenvalue weighted by atomic mass is 35.5. The lowest BCUT2D eigenvalue weighted by Crippen LogP contribution is -2.49. The highest BCUT2D eigenvalue weighted by Gasteiger charge is 2.35. The second-order valence-corrected chi connectivity index (χ2v) is 7.09. The van der Waals surface area contributed by atoms with Crippen molar-refractivity contribution < 1.29 is 4.79 Å². The Kier molecular flexibility index (Phi) is 6.49. The van der Waals surface area contributed by atoms with Crippen LogP contribution in [0.25, 0.3) is 0 Å². The smallest absolute Gasteiger partial charge is 0.228 e. The quantitative estimate of drug-likeness (QED) is 0.862. The normalized spacial score (nSPS) is 28.5. The highest BCUT2D eigenvalue weighted by molar-refractivity contribution is 5.85. The van der Waals surface area contributed by atoms with Gasteiger partial charge in [0.15, 0.2) is 0 Å². The zero-order valence-corrected chi connectivity index (χ0v) is 14.9. The molecule has 23 heavy (non-hydrogen) atoms. The molecule has 2 bridgehead atoms. The maximum atomic E-state index is 12.9. The van der Waals surface area contributed by atoms with Crippen LogP contribution in [0.5, 0.6) is 0 Å². The first kappa shape index (κ1) is 18.3. The van der Waals surface area contributed by atoms with Gasteiger partial charge in [0.05, 0.1) is 5.92 Å².